The average Bonchev–Trinajstić information content (AvgIpc) is 2.73. The highest BCUT2D eigenvalue weighted by molar-refractivity contribution is 5.80. The summed E-state index contributed by atoms with van der Waals surface area (Å²) in [7, 11) is 0. The number of hydrogen-bond acceptors (Lipinski definition) is 3. The molecular weight excluding hydrogens is 374 g/mol. The molecule has 5 heteroatoms. The molecule has 0 aliphatic heterocycles. The number of benzene rings is 2. The molecule has 1 aromatic heterocycles. The molecule has 0 bridgehead atoms. The van der Waals surface area contributed by atoms with Gasteiger partial charge in [0.25, 0.3) is 5.56 Å². The SMILES string of the molecule is CCc1ccc(-n2c(C(C)N(CC)C(=O)C3CCC3)nc3ccccc3c2=O)cc1. The lowest BCUT2D eigenvalue weighted by Gasteiger charge is -2.35. The highest BCUT2D eigenvalue weighted by Gasteiger charge is 2.33. The van der Waals surface area contributed by atoms with Crippen molar-refractivity contribution >= 4 is 16.8 Å². The minimum Gasteiger partial charge on any atom is -0.333 e. The summed E-state index contributed by atoms with van der Waals surface area (Å²) >= 11 is 0. The van der Waals surface area contributed by atoms with Gasteiger partial charge in [0.05, 0.1) is 22.6 Å². The number of carbonyl (C=O) groups excluding carboxylic acids is 1. The minimum absolute atomic E-state index is 0.0983. The molecule has 156 valence electrons. The van der Waals surface area contributed by atoms with Gasteiger partial charge in [0.2, 0.25) is 5.91 Å². The molecule has 0 N–H and O–H groups in total. The van der Waals surface area contributed by atoms with Crippen LogP contribution in [0.1, 0.15) is 57.5 Å². The van der Waals surface area contributed by atoms with E-state index in [0.29, 0.717) is 23.3 Å². The van der Waals surface area contributed by atoms with E-state index in [1.54, 1.807) is 4.57 Å². The first-order chi connectivity index (χ1) is 14.5. The zero-order valence-corrected chi connectivity index (χ0v) is 18.0. The number of aryl methyl sites for hydroxylation is 1. The molecule has 1 fully saturated rings. The van der Waals surface area contributed by atoms with E-state index in [-0.39, 0.29) is 23.4 Å². The Morgan fingerprint density at radius 1 is 1.13 bits per heavy atom. The number of amides is 1. The summed E-state index contributed by atoms with van der Waals surface area (Å²) in [4.78, 5) is 33.3. The van der Waals surface area contributed by atoms with Crippen LogP contribution in [0.15, 0.2) is 53.3 Å². The summed E-state index contributed by atoms with van der Waals surface area (Å²) in [6, 6.07) is 15.2. The van der Waals surface area contributed by atoms with Crippen LogP contribution in [-0.2, 0) is 11.2 Å². The van der Waals surface area contributed by atoms with E-state index in [1.165, 1.54) is 5.56 Å². The molecule has 1 amide bonds. The topological polar surface area (TPSA) is 55.2 Å². The molecule has 0 radical (unpaired) electrons. The van der Waals surface area contributed by atoms with Gasteiger partial charge in [0.15, 0.2) is 0 Å². The van der Waals surface area contributed by atoms with Gasteiger partial charge in [0, 0.05) is 12.5 Å². The van der Waals surface area contributed by atoms with Gasteiger partial charge in [0.1, 0.15) is 5.82 Å². The Morgan fingerprint density at radius 2 is 1.83 bits per heavy atom. The van der Waals surface area contributed by atoms with Gasteiger partial charge >= 0.3 is 0 Å². The molecule has 30 heavy (non-hydrogen) atoms. The van der Waals surface area contributed by atoms with Gasteiger partial charge in [-0.1, -0.05) is 37.6 Å². The zero-order valence-electron chi connectivity index (χ0n) is 18.0. The van der Waals surface area contributed by atoms with Crippen LogP contribution in [0.4, 0.5) is 0 Å². The van der Waals surface area contributed by atoms with Crippen LogP contribution in [0.5, 0.6) is 0 Å². The normalized spacial score (nSPS) is 15.0. The number of nitrogens with zero attached hydrogens (tertiary/aromatic N) is 3. The van der Waals surface area contributed by atoms with Crippen molar-refractivity contribution < 1.29 is 4.79 Å². The van der Waals surface area contributed by atoms with E-state index < -0.39 is 0 Å². The van der Waals surface area contributed by atoms with E-state index in [1.807, 2.05) is 67.3 Å². The van der Waals surface area contributed by atoms with Crippen LogP contribution in [-0.4, -0.2) is 26.9 Å². The number of carbonyl (C=O) groups is 1. The summed E-state index contributed by atoms with van der Waals surface area (Å²) in [5.74, 6) is 0.890. The first-order valence-electron chi connectivity index (χ1n) is 11.0. The van der Waals surface area contributed by atoms with Crippen LogP contribution in [0, 0.1) is 5.92 Å². The summed E-state index contributed by atoms with van der Waals surface area (Å²) < 4.78 is 1.68. The minimum atomic E-state index is -0.300. The molecule has 2 aromatic carbocycles. The number of rotatable bonds is 6. The summed E-state index contributed by atoms with van der Waals surface area (Å²) in [6.07, 6.45) is 3.97. The van der Waals surface area contributed by atoms with Gasteiger partial charge in [-0.3, -0.25) is 14.2 Å². The van der Waals surface area contributed by atoms with Crippen molar-refractivity contribution in [2.24, 2.45) is 5.92 Å². The maximum absolute atomic E-state index is 13.5. The molecule has 1 aliphatic carbocycles. The van der Waals surface area contributed by atoms with Crippen molar-refractivity contribution in [1.82, 2.24) is 14.5 Å². The van der Waals surface area contributed by atoms with Crippen molar-refractivity contribution in [3.63, 3.8) is 0 Å². The fourth-order valence-corrected chi connectivity index (χ4v) is 4.21. The predicted octanol–water partition coefficient (Wildman–Crippen LogP) is 4.66. The van der Waals surface area contributed by atoms with E-state index in [0.717, 1.165) is 31.4 Å². The second-order valence-corrected chi connectivity index (χ2v) is 8.08. The monoisotopic (exact) mass is 403 g/mol. The number of aromatic nitrogens is 2. The largest absolute Gasteiger partial charge is 0.333 e. The summed E-state index contributed by atoms with van der Waals surface area (Å²) in [5, 5.41) is 0.585. The Labute approximate surface area is 177 Å². The lowest BCUT2D eigenvalue weighted by Crippen LogP contribution is -2.42. The van der Waals surface area contributed by atoms with Crippen LogP contribution in [0.25, 0.3) is 16.6 Å². The highest BCUT2D eigenvalue weighted by atomic mass is 16.2. The van der Waals surface area contributed by atoms with Gasteiger partial charge < -0.3 is 4.90 Å². The van der Waals surface area contributed by atoms with Crippen molar-refractivity contribution in [1.29, 1.82) is 0 Å². The molecule has 1 aliphatic rings. The lowest BCUT2D eigenvalue weighted by atomic mass is 9.84. The highest BCUT2D eigenvalue weighted by Crippen LogP contribution is 2.31. The van der Waals surface area contributed by atoms with Crippen molar-refractivity contribution in [3.8, 4) is 5.69 Å². The fraction of sp³-hybridized carbons (Fsp3) is 0.400. The van der Waals surface area contributed by atoms with E-state index in [9.17, 15) is 9.59 Å². The maximum atomic E-state index is 13.5. The Bertz CT molecular complexity index is 1110. The van der Waals surface area contributed by atoms with E-state index in [2.05, 4.69) is 6.92 Å². The van der Waals surface area contributed by atoms with Crippen LogP contribution in [0.3, 0.4) is 0 Å². The third-order valence-electron chi connectivity index (χ3n) is 6.32. The maximum Gasteiger partial charge on any atom is 0.266 e. The van der Waals surface area contributed by atoms with Crippen molar-refractivity contribution in [3.05, 3.63) is 70.3 Å². The third-order valence-corrected chi connectivity index (χ3v) is 6.32. The fourth-order valence-electron chi connectivity index (χ4n) is 4.21. The van der Waals surface area contributed by atoms with Gasteiger partial charge in [-0.05, 0) is 62.9 Å². The third kappa shape index (κ3) is 3.53. The molecule has 1 unspecified atom stereocenters. The molecule has 1 saturated carbocycles. The average molecular weight is 404 g/mol. The molecule has 1 atom stereocenters. The van der Waals surface area contributed by atoms with Crippen LogP contribution in [0.2, 0.25) is 0 Å². The second kappa shape index (κ2) is 8.42. The molecule has 4 rings (SSSR count). The Hall–Kier alpha value is -2.95. The molecule has 3 aromatic rings. The van der Waals surface area contributed by atoms with Crippen LogP contribution < -0.4 is 5.56 Å². The molecule has 1 heterocycles. The zero-order chi connectivity index (χ0) is 21.3. The molecular formula is C25H29N3O2. The smallest absolute Gasteiger partial charge is 0.266 e. The van der Waals surface area contributed by atoms with Gasteiger partial charge in [-0.15, -0.1) is 0 Å². The molecule has 0 spiro atoms. The van der Waals surface area contributed by atoms with Crippen molar-refractivity contribution in [2.45, 2.75) is 52.5 Å². The molecule has 5 nitrogen and oxygen atoms in total. The number of fused-ring (bicyclic) bond motifs is 1. The van der Waals surface area contributed by atoms with Gasteiger partial charge in [-0.25, -0.2) is 4.98 Å². The molecule has 0 saturated heterocycles. The standard InChI is InChI=1S/C25H29N3O2/c1-4-18-13-15-20(16-14-18)28-23(26-22-12-7-6-11-21(22)25(28)30)17(3)27(5-2)24(29)19-9-8-10-19/h6-7,11-17,19H,4-5,8-10H2,1-3H3. The number of para-hydroxylation sites is 1. The Kier molecular flexibility index (Phi) is 5.71. The van der Waals surface area contributed by atoms with E-state index >= 15 is 0 Å². The lowest BCUT2D eigenvalue weighted by molar-refractivity contribution is -0.140. The van der Waals surface area contributed by atoms with E-state index in [4.69, 9.17) is 4.98 Å². The van der Waals surface area contributed by atoms with Crippen molar-refractivity contribution in [2.75, 3.05) is 6.54 Å². The van der Waals surface area contributed by atoms with Gasteiger partial charge in [-0.2, -0.15) is 0 Å². The quantitative estimate of drug-likeness (QED) is 0.602. The Morgan fingerprint density at radius 3 is 2.43 bits per heavy atom. The second-order valence-electron chi connectivity index (χ2n) is 8.08. The summed E-state index contributed by atoms with van der Waals surface area (Å²) in [5.41, 5.74) is 2.56. The van der Waals surface area contributed by atoms with Crippen LogP contribution >= 0.6 is 0 Å². The summed E-state index contributed by atoms with van der Waals surface area (Å²) in [6.45, 7) is 6.67. The first kappa shape index (κ1) is 20.3. The predicted molar refractivity (Wildman–Crippen MR) is 120 cm³/mol. The first-order valence-corrected chi connectivity index (χ1v) is 11.0. The number of hydrogen-bond donors (Lipinski definition) is 0. The Balaban J connectivity index is 1.88.